The zero-order valence-corrected chi connectivity index (χ0v) is 11.1. The third kappa shape index (κ3) is 4.00. The molecule has 0 aliphatic rings. The predicted molar refractivity (Wildman–Crippen MR) is 64.2 cm³/mol. The second-order valence-electron chi connectivity index (χ2n) is 5.05. The molecule has 0 N–H and O–H groups in total. The molecule has 0 saturated heterocycles. The summed E-state index contributed by atoms with van der Waals surface area (Å²) in [4.78, 5) is 10.9. The smallest absolute Gasteiger partial charge is 0.289 e. The summed E-state index contributed by atoms with van der Waals surface area (Å²) in [6.07, 6.45) is -5.31. The second kappa shape index (κ2) is 4.64. The van der Waals surface area contributed by atoms with Crippen LogP contribution in [-0.2, 0) is 11.2 Å². The Hall–Kier alpha value is -1.10. The van der Waals surface area contributed by atoms with Gasteiger partial charge in [0.05, 0.1) is 8.07 Å². The molecule has 0 unspecified atom stereocenters. The van der Waals surface area contributed by atoms with E-state index >= 15 is 0 Å². The Labute approximate surface area is 99.7 Å². The number of rotatable bonds is 3. The molecule has 1 nitrogen and oxygen atoms in total. The third-order valence-electron chi connectivity index (χ3n) is 2.47. The molecule has 17 heavy (non-hydrogen) atoms. The van der Waals surface area contributed by atoms with Gasteiger partial charge in [-0.1, -0.05) is 49.1 Å². The molecule has 5 heteroatoms. The Kier molecular flexibility index (Phi) is 3.81. The summed E-state index contributed by atoms with van der Waals surface area (Å²) in [7, 11) is -1.55. The highest BCUT2D eigenvalue weighted by molar-refractivity contribution is 6.88. The Balaban J connectivity index is 2.91. The number of hydrogen-bond donors (Lipinski definition) is 0. The molecule has 0 radical (unpaired) electrons. The molecule has 0 saturated carbocycles. The van der Waals surface area contributed by atoms with E-state index in [1.807, 2.05) is 6.07 Å². The van der Waals surface area contributed by atoms with Crippen molar-refractivity contribution in [1.29, 1.82) is 0 Å². The minimum atomic E-state index is -4.74. The molecule has 1 aromatic rings. The van der Waals surface area contributed by atoms with Gasteiger partial charge in [-0.25, -0.2) is 0 Å². The van der Waals surface area contributed by atoms with Crippen LogP contribution in [0, 0.1) is 0 Å². The standard InChI is InChI=1S/C12H15F3OSi/c1-17(2,3)10-6-4-5-9(7-10)8-11(16)12(13,14)15/h4-7H,8H2,1-3H3. The van der Waals surface area contributed by atoms with Crippen LogP contribution in [0.1, 0.15) is 5.56 Å². The van der Waals surface area contributed by atoms with Crippen molar-refractivity contribution in [2.45, 2.75) is 32.2 Å². The molecular weight excluding hydrogens is 245 g/mol. The molecule has 0 aliphatic heterocycles. The second-order valence-corrected chi connectivity index (χ2v) is 10.1. The maximum absolute atomic E-state index is 12.1. The van der Waals surface area contributed by atoms with Gasteiger partial charge in [-0.2, -0.15) is 13.2 Å². The Morgan fingerprint density at radius 3 is 2.29 bits per heavy atom. The number of benzene rings is 1. The first-order valence-electron chi connectivity index (χ1n) is 5.30. The van der Waals surface area contributed by atoms with Crippen LogP contribution in [0.15, 0.2) is 24.3 Å². The van der Waals surface area contributed by atoms with Gasteiger partial charge in [0.25, 0.3) is 0 Å². The molecule has 0 bridgehead atoms. The van der Waals surface area contributed by atoms with Gasteiger partial charge in [0.2, 0.25) is 5.78 Å². The van der Waals surface area contributed by atoms with Gasteiger partial charge in [0.1, 0.15) is 0 Å². The lowest BCUT2D eigenvalue weighted by molar-refractivity contribution is -0.170. The number of ketones is 1. The van der Waals surface area contributed by atoms with E-state index in [-0.39, 0.29) is 0 Å². The number of hydrogen-bond acceptors (Lipinski definition) is 1. The van der Waals surface area contributed by atoms with E-state index in [0.717, 1.165) is 5.19 Å². The number of alkyl halides is 3. The van der Waals surface area contributed by atoms with Crippen molar-refractivity contribution < 1.29 is 18.0 Å². The SMILES string of the molecule is C[Si](C)(C)c1cccc(CC(=O)C(F)(F)F)c1. The monoisotopic (exact) mass is 260 g/mol. The van der Waals surface area contributed by atoms with Crippen LogP contribution in [-0.4, -0.2) is 20.0 Å². The highest BCUT2D eigenvalue weighted by Gasteiger charge is 2.37. The number of Topliss-reactive ketones (excluding diaryl/α,β-unsaturated/α-hetero) is 1. The lowest BCUT2D eigenvalue weighted by Crippen LogP contribution is -2.37. The van der Waals surface area contributed by atoms with E-state index in [9.17, 15) is 18.0 Å². The minimum Gasteiger partial charge on any atom is -0.289 e. The third-order valence-corrected chi connectivity index (χ3v) is 4.52. The van der Waals surface area contributed by atoms with Gasteiger partial charge in [-0.3, -0.25) is 4.79 Å². The van der Waals surface area contributed by atoms with Crippen molar-refractivity contribution in [3.05, 3.63) is 29.8 Å². The van der Waals surface area contributed by atoms with Crippen molar-refractivity contribution in [3.8, 4) is 0 Å². The average molecular weight is 260 g/mol. The molecule has 0 amide bonds. The summed E-state index contributed by atoms with van der Waals surface area (Å²) in [5, 5.41) is 1.06. The van der Waals surface area contributed by atoms with E-state index in [0.29, 0.717) is 5.56 Å². The molecule has 0 spiro atoms. The predicted octanol–water partition coefficient (Wildman–Crippen LogP) is 2.91. The van der Waals surface area contributed by atoms with Gasteiger partial charge in [-0.05, 0) is 5.56 Å². The summed E-state index contributed by atoms with van der Waals surface area (Å²) < 4.78 is 36.4. The maximum Gasteiger partial charge on any atom is 0.450 e. The molecule has 0 atom stereocenters. The van der Waals surface area contributed by atoms with Crippen LogP contribution in [0.4, 0.5) is 13.2 Å². The van der Waals surface area contributed by atoms with Crippen LogP contribution in [0.2, 0.25) is 19.6 Å². The van der Waals surface area contributed by atoms with E-state index < -0.39 is 26.5 Å². The lowest BCUT2D eigenvalue weighted by Gasteiger charge is -2.17. The topological polar surface area (TPSA) is 17.1 Å². The first kappa shape index (κ1) is 14.0. The fourth-order valence-corrected chi connectivity index (χ4v) is 2.65. The van der Waals surface area contributed by atoms with Gasteiger partial charge >= 0.3 is 6.18 Å². The number of halogens is 3. The first-order valence-corrected chi connectivity index (χ1v) is 8.80. The van der Waals surface area contributed by atoms with Gasteiger partial charge in [-0.15, -0.1) is 0 Å². The molecule has 0 fully saturated rings. The van der Waals surface area contributed by atoms with Crippen molar-refractivity contribution >= 4 is 19.0 Å². The lowest BCUT2D eigenvalue weighted by atomic mass is 10.1. The minimum absolute atomic E-state index is 0.437. The summed E-state index contributed by atoms with van der Waals surface area (Å²) in [5.41, 5.74) is 0.437. The van der Waals surface area contributed by atoms with E-state index in [2.05, 4.69) is 19.6 Å². The summed E-state index contributed by atoms with van der Waals surface area (Å²) >= 11 is 0. The van der Waals surface area contributed by atoms with Gasteiger partial charge < -0.3 is 0 Å². The van der Waals surface area contributed by atoms with Crippen molar-refractivity contribution in [1.82, 2.24) is 0 Å². The summed E-state index contributed by atoms with van der Waals surface area (Å²) in [6, 6.07) is 6.91. The van der Waals surface area contributed by atoms with Crippen molar-refractivity contribution in [2.24, 2.45) is 0 Å². The zero-order valence-electron chi connectivity index (χ0n) is 10.1. The summed E-state index contributed by atoms with van der Waals surface area (Å²) in [5.74, 6) is -1.69. The molecular formula is C12H15F3OSi. The maximum atomic E-state index is 12.1. The van der Waals surface area contributed by atoms with Gasteiger partial charge in [0.15, 0.2) is 0 Å². The van der Waals surface area contributed by atoms with Crippen molar-refractivity contribution in [3.63, 3.8) is 0 Å². The molecule has 1 aromatic carbocycles. The van der Waals surface area contributed by atoms with Crippen LogP contribution in [0.25, 0.3) is 0 Å². The Morgan fingerprint density at radius 2 is 1.82 bits per heavy atom. The summed E-state index contributed by atoms with van der Waals surface area (Å²) in [6.45, 7) is 6.33. The number of carbonyl (C=O) groups excluding carboxylic acids is 1. The first-order chi connectivity index (χ1) is 7.60. The van der Waals surface area contributed by atoms with Crippen LogP contribution >= 0.6 is 0 Å². The van der Waals surface area contributed by atoms with Gasteiger partial charge in [0, 0.05) is 6.42 Å². The largest absolute Gasteiger partial charge is 0.450 e. The molecule has 0 heterocycles. The molecule has 0 aliphatic carbocycles. The Morgan fingerprint density at radius 1 is 1.24 bits per heavy atom. The van der Waals surface area contributed by atoms with Crippen molar-refractivity contribution in [2.75, 3.05) is 0 Å². The zero-order chi connectivity index (χ0) is 13.3. The van der Waals surface area contributed by atoms with E-state index in [1.54, 1.807) is 18.2 Å². The fraction of sp³-hybridized carbons (Fsp3) is 0.417. The Bertz CT molecular complexity index is 418. The van der Waals surface area contributed by atoms with E-state index in [1.165, 1.54) is 0 Å². The molecule has 0 aromatic heterocycles. The highest BCUT2D eigenvalue weighted by Crippen LogP contribution is 2.18. The van der Waals surface area contributed by atoms with Crippen LogP contribution in [0.3, 0.4) is 0 Å². The normalized spacial score (nSPS) is 12.6. The molecule has 94 valence electrons. The van der Waals surface area contributed by atoms with E-state index in [4.69, 9.17) is 0 Å². The quantitative estimate of drug-likeness (QED) is 0.764. The number of carbonyl (C=O) groups is 1. The molecule has 1 rings (SSSR count). The van der Waals surface area contributed by atoms with Crippen LogP contribution in [0.5, 0.6) is 0 Å². The fourth-order valence-electron chi connectivity index (χ4n) is 1.43. The highest BCUT2D eigenvalue weighted by atomic mass is 28.3. The average Bonchev–Trinajstić information content (AvgIpc) is 2.15. The van der Waals surface area contributed by atoms with Crippen LogP contribution < -0.4 is 5.19 Å².